The van der Waals surface area contributed by atoms with E-state index in [1.54, 1.807) is 6.92 Å². The van der Waals surface area contributed by atoms with Gasteiger partial charge in [0.25, 0.3) is 30.4 Å². The number of carboxylic acid groups (broad SMARTS) is 1. The molecule has 0 fully saturated rings. The minimum absolute atomic E-state index is 0.00639. The number of hydrogen-bond donors (Lipinski definition) is 5. The predicted octanol–water partition coefficient (Wildman–Crippen LogP) is 10.2. The lowest BCUT2D eigenvalue weighted by Crippen LogP contribution is -2.30. The van der Waals surface area contributed by atoms with Gasteiger partial charge in [0, 0.05) is 47.3 Å². The molecule has 5 N–H and O–H groups in total. The fraction of sp³-hybridized carbons (Fsp3) is 0.489. The Kier molecular flexibility index (Phi) is 20.7. The number of unbranched alkanes of at least 4 members (excludes halogenated alkanes) is 5. The second kappa shape index (κ2) is 24.3. The number of hydrogen-bond acceptors (Lipinski definition) is 9. The van der Waals surface area contributed by atoms with Crippen molar-refractivity contribution in [3.8, 4) is 0 Å². The Bertz CT molecular complexity index is 2600. The zero-order valence-electron chi connectivity index (χ0n) is 37.5. The van der Waals surface area contributed by atoms with Crippen LogP contribution in [0.1, 0.15) is 108 Å². The summed E-state index contributed by atoms with van der Waals surface area (Å²) in [6.07, 6.45) is 6.31. The van der Waals surface area contributed by atoms with Crippen molar-refractivity contribution >= 4 is 47.7 Å². The van der Waals surface area contributed by atoms with Crippen molar-refractivity contribution < 1.29 is 79.5 Å². The summed E-state index contributed by atoms with van der Waals surface area (Å²) in [7, 11) is -13.0. The fourth-order valence-electron chi connectivity index (χ4n) is 8.06. The maximum atomic E-state index is 15.8. The Hall–Kier alpha value is -4.55. The number of allylic oxidation sites excluding steroid dienone is 9. The number of alkyl halides is 3. The molecule has 1 aliphatic rings. The topological polar surface area (TPSA) is 216 Å². The monoisotopic (exact) mass is 1030 g/mol. The zero-order chi connectivity index (χ0) is 51.3. The van der Waals surface area contributed by atoms with E-state index >= 15 is 8.78 Å². The molecule has 3 rings (SSSR count). The van der Waals surface area contributed by atoms with Gasteiger partial charge < -0.3 is 15.3 Å². The molecule has 0 radical (unpaired) electrons. The summed E-state index contributed by atoms with van der Waals surface area (Å²) < 4.78 is 199. The summed E-state index contributed by atoms with van der Waals surface area (Å²) in [5, 5.41) is 12.1. The highest BCUT2D eigenvalue weighted by Crippen LogP contribution is 2.54. The Balaban J connectivity index is 2.04. The van der Waals surface area contributed by atoms with Gasteiger partial charge in [0.1, 0.15) is 0 Å². The van der Waals surface area contributed by atoms with Crippen LogP contribution in [-0.4, -0.2) is 80.3 Å². The van der Waals surface area contributed by atoms with E-state index in [9.17, 15) is 61.1 Å². The molecule has 1 aliphatic heterocycles. The molecule has 2 unspecified atom stereocenters. The van der Waals surface area contributed by atoms with Crippen LogP contribution in [0.4, 0.5) is 42.1 Å². The standard InChI is InChI=1S/C45H57F7N2O11S3/c1-31(43(2,23-11-15-27-66(57,58)59)33-30-32(45(50,51)52)21-22-34(33)53-25-13-17-29-68(63,64)65)18-8-5-4-6-9-19-35-44(3,24-12-16-28-67(60,61)62)37-38(46)39(47)40(48)41(49)42(37)54(35)26-14-7-10-20-36(55)56/h4-6,8-9,18-19,21-22,30,53H,1,7,10-17,20,23-29H2,2-3H3,(H,55,56)(H,57,58,59)(H,60,61,62)(H,63,64,65). The van der Waals surface area contributed by atoms with Crippen LogP contribution >= 0.6 is 0 Å². The fourth-order valence-corrected chi connectivity index (χ4v) is 9.77. The molecule has 0 saturated heterocycles. The highest BCUT2D eigenvalue weighted by Gasteiger charge is 2.49. The lowest BCUT2D eigenvalue weighted by atomic mass is 9.71. The van der Waals surface area contributed by atoms with Gasteiger partial charge in [-0.1, -0.05) is 69.2 Å². The summed E-state index contributed by atoms with van der Waals surface area (Å²) in [6, 6.07) is 2.99. The van der Waals surface area contributed by atoms with Crippen molar-refractivity contribution in [1.29, 1.82) is 0 Å². The SMILES string of the molecule is C=C(C=CC=CC=CC=C1N(CCCCCC(=O)O)c2c(F)c(F)c(F)c(F)c2C1(C)CCCCS(=O)(=O)O)C(C)(CCCCS(=O)(=O)O)c1cc(C(F)(F)F)ccc1NCCCCS(=O)(=O)O. The molecular formula is C45H57F7N2O11S3. The summed E-state index contributed by atoms with van der Waals surface area (Å²) in [6.45, 7) is 7.19. The van der Waals surface area contributed by atoms with Crippen LogP contribution in [0.5, 0.6) is 0 Å². The van der Waals surface area contributed by atoms with Gasteiger partial charge in [-0.2, -0.15) is 38.4 Å². The van der Waals surface area contributed by atoms with Gasteiger partial charge in [0.15, 0.2) is 23.3 Å². The molecule has 13 nitrogen and oxygen atoms in total. The molecule has 2 atom stereocenters. The Labute approximate surface area is 392 Å². The number of nitrogens with zero attached hydrogens (tertiary/aromatic N) is 1. The molecule has 0 aliphatic carbocycles. The maximum absolute atomic E-state index is 15.8. The van der Waals surface area contributed by atoms with Crippen molar-refractivity contribution in [3.63, 3.8) is 0 Å². The largest absolute Gasteiger partial charge is 0.481 e. The molecule has 380 valence electrons. The van der Waals surface area contributed by atoms with Crippen molar-refractivity contribution in [1.82, 2.24) is 0 Å². The average molecular weight is 1030 g/mol. The third-order valence-electron chi connectivity index (χ3n) is 11.6. The van der Waals surface area contributed by atoms with E-state index in [2.05, 4.69) is 11.9 Å². The molecule has 1 heterocycles. The van der Waals surface area contributed by atoms with Crippen LogP contribution < -0.4 is 10.2 Å². The Morgan fingerprint density at radius 3 is 1.90 bits per heavy atom. The second-order valence-corrected chi connectivity index (χ2v) is 21.6. The normalized spacial score (nSPS) is 17.5. The van der Waals surface area contributed by atoms with Crippen LogP contribution in [0.25, 0.3) is 0 Å². The van der Waals surface area contributed by atoms with Gasteiger partial charge in [0.2, 0.25) is 0 Å². The number of rotatable bonds is 28. The van der Waals surface area contributed by atoms with Gasteiger partial charge in [-0.3, -0.25) is 18.5 Å². The first-order valence-corrected chi connectivity index (χ1v) is 26.3. The lowest BCUT2D eigenvalue weighted by molar-refractivity contribution is -0.138. The van der Waals surface area contributed by atoms with Crippen molar-refractivity contribution in [2.75, 3.05) is 40.6 Å². The highest BCUT2D eigenvalue weighted by atomic mass is 32.2. The number of nitrogens with one attached hydrogen (secondary N) is 1. The first-order chi connectivity index (χ1) is 31.4. The van der Waals surface area contributed by atoms with Gasteiger partial charge in [0.05, 0.1) is 28.5 Å². The summed E-state index contributed by atoms with van der Waals surface area (Å²) in [5.74, 6) is -10.3. The van der Waals surface area contributed by atoms with E-state index in [4.69, 9.17) is 9.66 Å². The number of benzene rings is 2. The average Bonchev–Trinajstić information content (AvgIpc) is 3.46. The lowest BCUT2D eigenvalue weighted by Gasteiger charge is -2.34. The third kappa shape index (κ3) is 16.8. The molecule has 2 aromatic carbocycles. The van der Waals surface area contributed by atoms with Gasteiger partial charge in [-0.15, -0.1) is 0 Å². The van der Waals surface area contributed by atoms with Crippen LogP contribution in [0.15, 0.2) is 78.6 Å². The quantitative estimate of drug-likeness (QED) is 0.0134. The molecule has 23 heteroatoms. The summed E-state index contributed by atoms with van der Waals surface area (Å²) >= 11 is 0. The Morgan fingerprint density at radius 2 is 1.31 bits per heavy atom. The number of halogens is 7. The van der Waals surface area contributed by atoms with Crippen LogP contribution in [0, 0.1) is 23.3 Å². The van der Waals surface area contributed by atoms with Gasteiger partial charge in [-0.25, -0.2) is 17.6 Å². The number of carboxylic acids is 1. The van der Waals surface area contributed by atoms with Crippen molar-refractivity contribution in [3.05, 3.63) is 119 Å². The zero-order valence-corrected chi connectivity index (χ0v) is 39.9. The first-order valence-electron chi connectivity index (χ1n) is 21.5. The molecule has 0 amide bonds. The van der Waals surface area contributed by atoms with E-state index in [-0.39, 0.29) is 106 Å². The molecular weight excluding hydrogens is 974 g/mol. The molecule has 0 saturated carbocycles. The number of fused-ring (bicyclic) bond motifs is 1. The van der Waals surface area contributed by atoms with E-state index in [0.29, 0.717) is 6.42 Å². The highest BCUT2D eigenvalue weighted by molar-refractivity contribution is 7.86. The molecule has 2 aromatic rings. The van der Waals surface area contributed by atoms with Gasteiger partial charge >= 0.3 is 12.1 Å². The van der Waals surface area contributed by atoms with Crippen molar-refractivity contribution in [2.45, 2.75) is 108 Å². The maximum Gasteiger partial charge on any atom is 0.416 e. The molecule has 0 spiro atoms. The Morgan fingerprint density at radius 1 is 0.750 bits per heavy atom. The molecule has 0 bridgehead atoms. The second-order valence-electron chi connectivity index (χ2n) is 16.9. The van der Waals surface area contributed by atoms with Crippen LogP contribution in [0.2, 0.25) is 0 Å². The van der Waals surface area contributed by atoms with E-state index in [1.165, 1.54) is 60.4 Å². The van der Waals surface area contributed by atoms with Crippen molar-refractivity contribution in [2.24, 2.45) is 0 Å². The smallest absolute Gasteiger partial charge is 0.416 e. The van der Waals surface area contributed by atoms with Crippen LogP contribution in [-0.2, 0) is 52.2 Å². The number of aliphatic carboxylic acids is 1. The summed E-state index contributed by atoms with van der Waals surface area (Å²) in [5.41, 5.74) is -4.19. The van der Waals surface area contributed by atoms with E-state index < -0.39 is 111 Å². The van der Waals surface area contributed by atoms with Gasteiger partial charge in [-0.05, 0) is 93.7 Å². The number of anilines is 2. The molecule has 0 aromatic heterocycles. The molecule has 68 heavy (non-hydrogen) atoms. The predicted molar refractivity (Wildman–Crippen MR) is 245 cm³/mol. The van der Waals surface area contributed by atoms with E-state index in [0.717, 1.165) is 12.1 Å². The summed E-state index contributed by atoms with van der Waals surface area (Å²) in [4.78, 5) is 12.3. The third-order valence-corrected chi connectivity index (χ3v) is 14.1. The minimum atomic E-state index is -4.77. The van der Waals surface area contributed by atoms with E-state index in [1.807, 2.05) is 0 Å². The van der Waals surface area contributed by atoms with Crippen LogP contribution in [0.3, 0.4) is 0 Å². The minimum Gasteiger partial charge on any atom is -0.481 e. The first kappa shape index (κ1) is 57.8. The number of carbonyl (C=O) groups is 1.